The van der Waals surface area contributed by atoms with Gasteiger partial charge in [-0.1, -0.05) is 50.1 Å². The van der Waals surface area contributed by atoms with Crippen molar-refractivity contribution >= 4 is 0 Å². The number of nitrogens with two attached hydrogens (primary N) is 1. The van der Waals surface area contributed by atoms with E-state index in [0.717, 1.165) is 25.9 Å². The van der Waals surface area contributed by atoms with E-state index in [4.69, 9.17) is 5.73 Å². The highest BCUT2D eigenvalue weighted by Crippen LogP contribution is 2.40. The van der Waals surface area contributed by atoms with Crippen LogP contribution >= 0.6 is 0 Å². The van der Waals surface area contributed by atoms with Gasteiger partial charge in [-0.15, -0.1) is 0 Å². The summed E-state index contributed by atoms with van der Waals surface area (Å²) in [5.74, 6) is 0. The highest BCUT2D eigenvalue weighted by atomic mass is 14.9. The smallest absolute Gasteiger partial charge is 0.0168 e. The van der Waals surface area contributed by atoms with Crippen LogP contribution < -0.4 is 11.1 Å². The quantitative estimate of drug-likeness (QED) is 0.761. The Kier molecular flexibility index (Phi) is 6.06. The number of aryl methyl sites for hydroxylation is 1. The maximum absolute atomic E-state index is 6.23. The second-order valence-electron chi connectivity index (χ2n) is 6.48. The van der Waals surface area contributed by atoms with Gasteiger partial charge in [0, 0.05) is 19.1 Å². The maximum Gasteiger partial charge on any atom is 0.0168 e. The molecule has 1 fully saturated rings. The fraction of sp³-hybridized carbons (Fsp3) is 0.667. The lowest BCUT2D eigenvalue weighted by atomic mass is 9.83. The molecule has 0 radical (unpaired) electrons. The van der Waals surface area contributed by atoms with Gasteiger partial charge in [-0.2, -0.15) is 0 Å². The largest absolute Gasteiger partial charge is 0.327 e. The molecule has 0 heterocycles. The lowest BCUT2D eigenvalue weighted by Gasteiger charge is -2.28. The van der Waals surface area contributed by atoms with Gasteiger partial charge in [0.15, 0.2) is 0 Å². The molecule has 0 aliphatic heterocycles. The average Bonchev–Trinajstić information content (AvgIpc) is 2.96. The van der Waals surface area contributed by atoms with Gasteiger partial charge >= 0.3 is 0 Å². The SMILES string of the molecule is CCC1(CNCC(N)CCc2ccccc2)CCCC1. The molecule has 3 N–H and O–H groups in total. The monoisotopic (exact) mass is 274 g/mol. The van der Waals surface area contributed by atoms with E-state index in [9.17, 15) is 0 Å². The van der Waals surface area contributed by atoms with Crippen LogP contribution in [0.4, 0.5) is 0 Å². The third-order valence-electron chi connectivity index (χ3n) is 4.97. The van der Waals surface area contributed by atoms with Gasteiger partial charge in [-0.25, -0.2) is 0 Å². The second-order valence-corrected chi connectivity index (χ2v) is 6.48. The van der Waals surface area contributed by atoms with Crippen molar-refractivity contribution in [1.29, 1.82) is 0 Å². The maximum atomic E-state index is 6.23. The van der Waals surface area contributed by atoms with E-state index in [-0.39, 0.29) is 6.04 Å². The zero-order chi connectivity index (χ0) is 14.3. The van der Waals surface area contributed by atoms with Crippen molar-refractivity contribution < 1.29 is 0 Å². The topological polar surface area (TPSA) is 38.0 Å². The minimum absolute atomic E-state index is 0.269. The summed E-state index contributed by atoms with van der Waals surface area (Å²) in [6, 6.07) is 10.9. The summed E-state index contributed by atoms with van der Waals surface area (Å²) in [7, 11) is 0. The molecule has 1 aliphatic carbocycles. The van der Waals surface area contributed by atoms with E-state index in [1.807, 2.05) is 0 Å². The molecule has 0 amide bonds. The summed E-state index contributed by atoms with van der Waals surface area (Å²) in [4.78, 5) is 0. The Morgan fingerprint density at radius 2 is 1.90 bits per heavy atom. The molecule has 1 unspecified atom stereocenters. The minimum atomic E-state index is 0.269. The first-order valence-electron chi connectivity index (χ1n) is 8.24. The first-order valence-corrected chi connectivity index (χ1v) is 8.24. The van der Waals surface area contributed by atoms with Crippen molar-refractivity contribution in [2.75, 3.05) is 13.1 Å². The molecule has 112 valence electrons. The Balaban J connectivity index is 1.64. The molecule has 20 heavy (non-hydrogen) atoms. The van der Waals surface area contributed by atoms with Crippen molar-refractivity contribution in [3.63, 3.8) is 0 Å². The summed E-state index contributed by atoms with van der Waals surface area (Å²) in [5, 5.41) is 3.63. The Morgan fingerprint density at radius 3 is 2.55 bits per heavy atom. The van der Waals surface area contributed by atoms with Gasteiger partial charge in [0.05, 0.1) is 0 Å². The first-order chi connectivity index (χ1) is 9.74. The Morgan fingerprint density at radius 1 is 1.20 bits per heavy atom. The highest BCUT2D eigenvalue weighted by molar-refractivity contribution is 5.14. The van der Waals surface area contributed by atoms with Crippen LogP contribution in [0.25, 0.3) is 0 Å². The van der Waals surface area contributed by atoms with Gasteiger partial charge in [0.25, 0.3) is 0 Å². The van der Waals surface area contributed by atoms with Crippen LogP contribution in [0.3, 0.4) is 0 Å². The molecular formula is C18H30N2. The average molecular weight is 274 g/mol. The van der Waals surface area contributed by atoms with E-state index in [1.165, 1.54) is 37.7 Å². The number of hydrogen-bond donors (Lipinski definition) is 2. The van der Waals surface area contributed by atoms with Crippen LogP contribution in [0.15, 0.2) is 30.3 Å². The molecule has 2 heteroatoms. The van der Waals surface area contributed by atoms with Crippen molar-refractivity contribution in [2.45, 2.75) is 57.9 Å². The highest BCUT2D eigenvalue weighted by Gasteiger charge is 2.31. The normalized spacial score (nSPS) is 19.1. The van der Waals surface area contributed by atoms with E-state index >= 15 is 0 Å². The second kappa shape index (κ2) is 7.80. The molecule has 0 aromatic heterocycles. The van der Waals surface area contributed by atoms with Gasteiger partial charge in [0.2, 0.25) is 0 Å². The molecule has 1 aliphatic rings. The predicted octanol–water partition coefficient (Wildman–Crippen LogP) is 3.51. The lowest BCUT2D eigenvalue weighted by molar-refractivity contribution is 0.266. The molecule has 0 saturated heterocycles. The third-order valence-corrected chi connectivity index (χ3v) is 4.97. The van der Waals surface area contributed by atoms with Gasteiger partial charge in [0.1, 0.15) is 0 Å². The van der Waals surface area contributed by atoms with Gasteiger partial charge < -0.3 is 11.1 Å². The van der Waals surface area contributed by atoms with Gasteiger partial charge in [-0.05, 0) is 43.1 Å². The fourth-order valence-electron chi connectivity index (χ4n) is 3.40. The zero-order valence-corrected chi connectivity index (χ0v) is 12.9. The standard InChI is InChI=1S/C18H30N2/c1-2-18(12-6-7-13-18)15-20-14-17(19)11-10-16-8-4-3-5-9-16/h3-5,8-9,17,20H,2,6-7,10-15,19H2,1H3. The molecule has 2 nitrogen and oxygen atoms in total. The summed E-state index contributed by atoms with van der Waals surface area (Å²) in [6.45, 7) is 4.44. The van der Waals surface area contributed by atoms with E-state index < -0.39 is 0 Å². The van der Waals surface area contributed by atoms with Crippen LogP contribution in [-0.2, 0) is 6.42 Å². The first kappa shape index (κ1) is 15.5. The van der Waals surface area contributed by atoms with Crippen LogP contribution in [0, 0.1) is 5.41 Å². The molecule has 1 aromatic carbocycles. The molecule has 0 bridgehead atoms. The van der Waals surface area contributed by atoms with Gasteiger partial charge in [-0.3, -0.25) is 0 Å². The van der Waals surface area contributed by atoms with Crippen LogP contribution in [0.1, 0.15) is 51.0 Å². The van der Waals surface area contributed by atoms with Crippen molar-refractivity contribution in [3.8, 4) is 0 Å². The minimum Gasteiger partial charge on any atom is -0.327 e. The fourth-order valence-corrected chi connectivity index (χ4v) is 3.40. The van der Waals surface area contributed by atoms with Crippen molar-refractivity contribution in [3.05, 3.63) is 35.9 Å². The summed E-state index contributed by atoms with van der Waals surface area (Å²) < 4.78 is 0. The molecule has 1 atom stereocenters. The molecular weight excluding hydrogens is 244 g/mol. The summed E-state index contributed by atoms with van der Waals surface area (Å²) in [5.41, 5.74) is 8.19. The van der Waals surface area contributed by atoms with Crippen molar-refractivity contribution in [2.24, 2.45) is 11.1 Å². The van der Waals surface area contributed by atoms with E-state index in [0.29, 0.717) is 5.41 Å². The number of hydrogen-bond acceptors (Lipinski definition) is 2. The molecule has 2 rings (SSSR count). The molecule has 1 saturated carbocycles. The number of benzene rings is 1. The zero-order valence-electron chi connectivity index (χ0n) is 12.9. The van der Waals surface area contributed by atoms with Crippen LogP contribution in [0.2, 0.25) is 0 Å². The van der Waals surface area contributed by atoms with Crippen LogP contribution in [-0.4, -0.2) is 19.1 Å². The number of rotatable bonds is 8. The van der Waals surface area contributed by atoms with Crippen molar-refractivity contribution in [1.82, 2.24) is 5.32 Å². The molecule has 1 aromatic rings. The summed E-state index contributed by atoms with van der Waals surface area (Å²) >= 11 is 0. The third kappa shape index (κ3) is 4.60. The predicted molar refractivity (Wildman–Crippen MR) is 86.8 cm³/mol. The Bertz CT molecular complexity index is 368. The summed E-state index contributed by atoms with van der Waals surface area (Å²) in [6.07, 6.45) is 9.08. The Hall–Kier alpha value is -0.860. The number of nitrogens with one attached hydrogen (secondary N) is 1. The van der Waals surface area contributed by atoms with E-state index in [2.05, 4.69) is 42.6 Å². The lowest BCUT2D eigenvalue weighted by Crippen LogP contribution is -2.39. The molecule has 0 spiro atoms. The Labute approximate surface area is 124 Å². The van der Waals surface area contributed by atoms with E-state index in [1.54, 1.807) is 0 Å². The van der Waals surface area contributed by atoms with Crippen LogP contribution in [0.5, 0.6) is 0 Å².